The summed E-state index contributed by atoms with van der Waals surface area (Å²) in [5, 5.41) is 4.00. The van der Waals surface area contributed by atoms with Crippen LogP contribution in [-0.4, -0.2) is 40.3 Å². The van der Waals surface area contributed by atoms with Crippen LogP contribution in [0, 0.1) is 0 Å². The molecule has 0 N–H and O–H groups in total. The van der Waals surface area contributed by atoms with Crippen LogP contribution in [0.1, 0.15) is 12.6 Å². The molecule has 6 heteroatoms. The van der Waals surface area contributed by atoms with Gasteiger partial charge in [-0.25, -0.2) is 0 Å². The number of hydrogen-bond acceptors (Lipinski definition) is 5. The first-order valence-electron chi connectivity index (χ1n) is 4.56. The molecule has 0 saturated carbocycles. The molecule has 1 saturated heterocycles. The number of aromatic nitrogens is 2. The van der Waals surface area contributed by atoms with Crippen LogP contribution in [0.2, 0.25) is 4.34 Å². The highest BCUT2D eigenvalue weighted by Gasteiger charge is 2.20. The zero-order valence-electron chi connectivity index (χ0n) is 7.94. The molecule has 0 bridgehead atoms. The van der Waals surface area contributed by atoms with Crippen LogP contribution in [0.5, 0.6) is 0 Å². The third-order valence-corrected chi connectivity index (χ3v) is 3.35. The lowest BCUT2D eigenvalue weighted by molar-refractivity contribution is -0.00489. The molecule has 0 amide bonds. The molecule has 0 spiro atoms. The molecular weight excluding hydrogens is 222 g/mol. The molecule has 1 aromatic rings. The number of nitrogens with zero attached hydrogens (tertiary/aromatic N) is 3. The molecule has 4 nitrogen and oxygen atoms in total. The lowest BCUT2D eigenvalue weighted by Gasteiger charge is -2.32. The van der Waals surface area contributed by atoms with E-state index in [4.69, 9.17) is 16.3 Å². The van der Waals surface area contributed by atoms with Gasteiger partial charge in [0.15, 0.2) is 0 Å². The maximum Gasteiger partial charge on any atom is 0.138 e. The second-order valence-electron chi connectivity index (χ2n) is 3.39. The summed E-state index contributed by atoms with van der Waals surface area (Å²) in [5.41, 5.74) is 0.880. The molecule has 0 aromatic carbocycles. The highest BCUT2D eigenvalue weighted by molar-refractivity contribution is 7.10. The van der Waals surface area contributed by atoms with Gasteiger partial charge in [-0.1, -0.05) is 16.1 Å². The van der Waals surface area contributed by atoms with Crippen molar-refractivity contribution in [1.29, 1.82) is 0 Å². The Balaban J connectivity index is 1.99. The third-order valence-electron chi connectivity index (χ3n) is 2.37. The first kappa shape index (κ1) is 10.3. The van der Waals surface area contributed by atoms with Crippen LogP contribution in [0.15, 0.2) is 0 Å². The number of morpholine rings is 1. The number of rotatable bonds is 2. The predicted octanol–water partition coefficient (Wildman–Crippen LogP) is 1.41. The fraction of sp³-hybridized carbons (Fsp3) is 0.750. The monoisotopic (exact) mass is 233 g/mol. The maximum atomic E-state index is 5.94. The Labute approximate surface area is 92.0 Å². The number of ether oxygens (including phenoxy) is 1. The summed E-state index contributed by atoms with van der Waals surface area (Å²) in [5.74, 6) is 0. The molecule has 0 unspecified atom stereocenters. The van der Waals surface area contributed by atoms with Gasteiger partial charge in [0, 0.05) is 30.7 Å². The van der Waals surface area contributed by atoms with Crippen molar-refractivity contribution in [2.24, 2.45) is 0 Å². The third kappa shape index (κ3) is 2.23. The van der Waals surface area contributed by atoms with Crippen molar-refractivity contribution in [2.45, 2.75) is 19.5 Å². The highest BCUT2D eigenvalue weighted by atomic mass is 35.5. The van der Waals surface area contributed by atoms with E-state index in [1.165, 1.54) is 11.5 Å². The van der Waals surface area contributed by atoms with Gasteiger partial charge >= 0.3 is 0 Å². The van der Waals surface area contributed by atoms with Gasteiger partial charge in [0.1, 0.15) is 10.0 Å². The second kappa shape index (κ2) is 4.53. The SMILES string of the molecule is C[C@H]1COCCN1Cc1nnsc1Cl. The molecule has 1 aromatic heterocycles. The average Bonchev–Trinajstić information content (AvgIpc) is 2.56. The normalized spacial score (nSPS) is 24.0. The molecular formula is C8H12ClN3OS. The number of halogens is 1. The van der Waals surface area contributed by atoms with Gasteiger partial charge in [-0.05, 0) is 6.92 Å². The Morgan fingerprint density at radius 2 is 2.57 bits per heavy atom. The Morgan fingerprint density at radius 1 is 1.71 bits per heavy atom. The van der Waals surface area contributed by atoms with Gasteiger partial charge in [-0.2, -0.15) is 0 Å². The van der Waals surface area contributed by atoms with Crippen molar-refractivity contribution in [3.63, 3.8) is 0 Å². The van der Waals surface area contributed by atoms with Crippen molar-refractivity contribution in [1.82, 2.24) is 14.5 Å². The molecule has 0 aliphatic carbocycles. The van der Waals surface area contributed by atoms with Gasteiger partial charge in [-0.15, -0.1) is 5.10 Å². The van der Waals surface area contributed by atoms with Gasteiger partial charge < -0.3 is 4.74 Å². The summed E-state index contributed by atoms with van der Waals surface area (Å²) in [7, 11) is 0. The smallest absolute Gasteiger partial charge is 0.138 e. The van der Waals surface area contributed by atoms with E-state index in [2.05, 4.69) is 21.4 Å². The van der Waals surface area contributed by atoms with E-state index in [0.717, 1.165) is 32.0 Å². The largest absolute Gasteiger partial charge is 0.379 e. The van der Waals surface area contributed by atoms with Crippen molar-refractivity contribution in [3.8, 4) is 0 Å². The molecule has 1 fully saturated rings. The Bertz CT molecular complexity index is 307. The van der Waals surface area contributed by atoms with E-state index in [1.54, 1.807) is 0 Å². The Morgan fingerprint density at radius 3 is 3.21 bits per heavy atom. The van der Waals surface area contributed by atoms with Gasteiger partial charge in [0.05, 0.1) is 13.2 Å². The quantitative estimate of drug-likeness (QED) is 0.774. The lowest BCUT2D eigenvalue weighted by atomic mass is 10.2. The van der Waals surface area contributed by atoms with Crippen LogP contribution < -0.4 is 0 Å². The molecule has 78 valence electrons. The van der Waals surface area contributed by atoms with Crippen molar-refractivity contribution in [2.75, 3.05) is 19.8 Å². The van der Waals surface area contributed by atoms with Gasteiger partial charge in [-0.3, -0.25) is 4.90 Å². The van der Waals surface area contributed by atoms with E-state index in [-0.39, 0.29) is 0 Å². The summed E-state index contributed by atoms with van der Waals surface area (Å²) < 4.78 is 9.87. The van der Waals surface area contributed by atoms with Gasteiger partial charge in [0.25, 0.3) is 0 Å². The fourth-order valence-electron chi connectivity index (χ4n) is 1.48. The van der Waals surface area contributed by atoms with Crippen molar-refractivity contribution < 1.29 is 4.74 Å². The highest BCUT2D eigenvalue weighted by Crippen LogP contribution is 2.20. The second-order valence-corrected chi connectivity index (χ2v) is 4.74. The summed E-state index contributed by atoms with van der Waals surface area (Å²) in [4.78, 5) is 2.31. The maximum absolute atomic E-state index is 5.94. The summed E-state index contributed by atoms with van der Waals surface area (Å²) in [6.07, 6.45) is 0. The zero-order chi connectivity index (χ0) is 9.97. The van der Waals surface area contributed by atoms with Crippen LogP contribution in [-0.2, 0) is 11.3 Å². The minimum absolute atomic E-state index is 0.432. The minimum atomic E-state index is 0.432. The Kier molecular flexibility index (Phi) is 3.33. The molecule has 14 heavy (non-hydrogen) atoms. The Hall–Kier alpha value is -0.230. The van der Waals surface area contributed by atoms with E-state index in [9.17, 15) is 0 Å². The summed E-state index contributed by atoms with van der Waals surface area (Å²) >= 11 is 7.18. The summed E-state index contributed by atoms with van der Waals surface area (Å²) in [6.45, 7) is 5.44. The lowest BCUT2D eigenvalue weighted by Crippen LogP contribution is -2.43. The molecule has 0 radical (unpaired) electrons. The van der Waals surface area contributed by atoms with Gasteiger partial charge in [0.2, 0.25) is 0 Å². The van der Waals surface area contributed by atoms with Crippen LogP contribution in [0.25, 0.3) is 0 Å². The fourth-order valence-corrected chi connectivity index (χ4v) is 2.09. The average molecular weight is 234 g/mol. The molecule has 1 atom stereocenters. The molecule has 2 heterocycles. The topological polar surface area (TPSA) is 38.2 Å². The standard InChI is InChI=1S/C8H12ClN3OS/c1-6-5-13-3-2-12(6)4-7-8(9)14-11-10-7/h6H,2-5H2,1H3/t6-/m0/s1. The van der Waals surface area contributed by atoms with Crippen molar-refractivity contribution in [3.05, 3.63) is 10.0 Å². The first-order valence-corrected chi connectivity index (χ1v) is 5.71. The molecule has 2 rings (SSSR count). The zero-order valence-corrected chi connectivity index (χ0v) is 9.51. The van der Waals surface area contributed by atoms with E-state index >= 15 is 0 Å². The first-order chi connectivity index (χ1) is 6.77. The number of hydrogen-bond donors (Lipinski definition) is 0. The van der Waals surface area contributed by atoms with Crippen LogP contribution in [0.3, 0.4) is 0 Å². The predicted molar refractivity (Wildman–Crippen MR) is 55.6 cm³/mol. The molecule has 1 aliphatic rings. The summed E-state index contributed by atoms with van der Waals surface area (Å²) in [6, 6.07) is 0.432. The van der Waals surface area contributed by atoms with Crippen LogP contribution in [0.4, 0.5) is 0 Å². The van der Waals surface area contributed by atoms with E-state index < -0.39 is 0 Å². The minimum Gasteiger partial charge on any atom is -0.379 e. The van der Waals surface area contributed by atoms with Crippen LogP contribution >= 0.6 is 23.1 Å². The van der Waals surface area contributed by atoms with E-state index in [1.807, 2.05) is 0 Å². The van der Waals surface area contributed by atoms with E-state index in [0.29, 0.717) is 10.4 Å². The molecule has 1 aliphatic heterocycles. The van der Waals surface area contributed by atoms with Crippen molar-refractivity contribution >= 4 is 23.1 Å².